The molecule has 0 fully saturated rings. The Kier molecular flexibility index (Phi) is 4.52. The third-order valence-corrected chi connectivity index (χ3v) is 3.05. The highest BCUT2D eigenvalue weighted by atomic mass is 32.1. The number of aromatic nitrogens is 2. The number of nitrogens with zero attached hydrogens (tertiary/aromatic N) is 3. The Morgan fingerprint density at radius 1 is 1.44 bits per heavy atom. The lowest BCUT2D eigenvalue weighted by molar-refractivity contribution is 0.349. The van der Waals surface area contributed by atoms with Crippen LogP contribution >= 0.6 is 11.7 Å². The third kappa shape index (κ3) is 3.20. The largest absolute Gasteiger partial charge is 0.471 e. The summed E-state index contributed by atoms with van der Waals surface area (Å²) in [5.74, 6) is 0.635. The lowest BCUT2D eigenvalue weighted by atomic mass is 10.1. The molecular formula is C13H17N3OS. The molecule has 2 rings (SSSR count). The molecule has 0 amide bonds. The first-order valence-corrected chi connectivity index (χ1v) is 6.72. The topological polar surface area (TPSA) is 38.3 Å². The first-order chi connectivity index (χ1) is 8.81. The first-order valence-electron chi connectivity index (χ1n) is 5.99. The maximum atomic E-state index is 5.63. The van der Waals surface area contributed by atoms with Crippen LogP contribution in [0.1, 0.15) is 19.0 Å². The lowest BCUT2D eigenvalue weighted by Crippen LogP contribution is -2.16. The highest BCUT2D eigenvalue weighted by molar-refractivity contribution is 6.99. The minimum Gasteiger partial charge on any atom is -0.471 e. The molecule has 96 valence electrons. The zero-order valence-corrected chi connectivity index (χ0v) is 11.5. The van der Waals surface area contributed by atoms with Gasteiger partial charge in [0.1, 0.15) is 12.3 Å². The van der Waals surface area contributed by atoms with Crippen molar-refractivity contribution in [3.8, 4) is 5.88 Å². The van der Waals surface area contributed by atoms with E-state index in [2.05, 4.69) is 32.7 Å². The average molecular weight is 263 g/mol. The van der Waals surface area contributed by atoms with E-state index in [-0.39, 0.29) is 0 Å². The van der Waals surface area contributed by atoms with Gasteiger partial charge in [-0.25, -0.2) is 0 Å². The minimum absolute atomic E-state index is 0.547. The number of likely N-dealkylation sites (N-methyl/N-ethyl adjacent to an activating group) is 1. The third-order valence-electron chi connectivity index (χ3n) is 2.54. The number of allylic oxidation sites excluding steroid dienone is 3. The van der Waals surface area contributed by atoms with Gasteiger partial charge in [0.05, 0.1) is 11.7 Å². The van der Waals surface area contributed by atoms with E-state index in [9.17, 15) is 0 Å². The highest BCUT2D eigenvalue weighted by Crippen LogP contribution is 2.26. The van der Waals surface area contributed by atoms with Crippen LogP contribution in [0.2, 0.25) is 0 Å². The number of rotatable bonds is 5. The SMILES string of the molecule is CC/C=C\COc1nsnc1C1=CC=CN(C)C1. The normalized spacial score (nSPS) is 15.2. The van der Waals surface area contributed by atoms with Crippen molar-refractivity contribution in [1.82, 2.24) is 13.6 Å². The molecule has 0 saturated heterocycles. The van der Waals surface area contributed by atoms with Gasteiger partial charge in [-0.1, -0.05) is 25.2 Å². The first kappa shape index (κ1) is 12.8. The van der Waals surface area contributed by atoms with Crippen LogP contribution in [0, 0.1) is 0 Å². The summed E-state index contributed by atoms with van der Waals surface area (Å²) >= 11 is 1.19. The summed E-state index contributed by atoms with van der Waals surface area (Å²) in [6.45, 7) is 3.48. The molecule has 0 N–H and O–H groups in total. The molecule has 0 spiro atoms. The summed E-state index contributed by atoms with van der Waals surface area (Å²) in [7, 11) is 2.04. The monoisotopic (exact) mass is 263 g/mol. The van der Waals surface area contributed by atoms with Gasteiger partial charge in [-0.2, -0.15) is 4.37 Å². The Morgan fingerprint density at radius 3 is 3.11 bits per heavy atom. The van der Waals surface area contributed by atoms with Crippen molar-refractivity contribution in [3.05, 3.63) is 36.2 Å². The molecule has 5 heteroatoms. The van der Waals surface area contributed by atoms with Gasteiger partial charge in [0, 0.05) is 19.2 Å². The van der Waals surface area contributed by atoms with Crippen molar-refractivity contribution in [2.24, 2.45) is 0 Å². The van der Waals surface area contributed by atoms with Crippen molar-refractivity contribution < 1.29 is 4.74 Å². The fourth-order valence-corrected chi connectivity index (χ4v) is 2.20. The molecule has 4 nitrogen and oxygen atoms in total. The van der Waals surface area contributed by atoms with Gasteiger partial charge in [0.2, 0.25) is 0 Å². The Bertz CT molecular complexity index is 476. The zero-order valence-electron chi connectivity index (χ0n) is 10.7. The lowest BCUT2D eigenvalue weighted by Gasteiger charge is -2.18. The van der Waals surface area contributed by atoms with E-state index in [1.807, 2.05) is 25.4 Å². The molecule has 0 unspecified atom stereocenters. The van der Waals surface area contributed by atoms with Crippen molar-refractivity contribution >= 4 is 17.3 Å². The van der Waals surface area contributed by atoms with E-state index in [1.165, 1.54) is 11.7 Å². The Morgan fingerprint density at radius 2 is 2.33 bits per heavy atom. The fourth-order valence-electron chi connectivity index (χ4n) is 1.67. The van der Waals surface area contributed by atoms with Crippen LogP contribution in [-0.2, 0) is 0 Å². The molecule has 0 bridgehead atoms. The molecule has 0 aromatic carbocycles. The van der Waals surface area contributed by atoms with E-state index < -0.39 is 0 Å². The Labute approximate surface area is 112 Å². The van der Waals surface area contributed by atoms with E-state index >= 15 is 0 Å². The molecule has 1 aliphatic rings. The number of ether oxygens (including phenoxy) is 1. The molecule has 18 heavy (non-hydrogen) atoms. The van der Waals surface area contributed by atoms with Gasteiger partial charge in [-0.15, -0.1) is 4.37 Å². The van der Waals surface area contributed by atoms with Gasteiger partial charge in [0.15, 0.2) is 0 Å². The van der Waals surface area contributed by atoms with Crippen LogP contribution in [0.4, 0.5) is 0 Å². The van der Waals surface area contributed by atoms with E-state index in [0.29, 0.717) is 12.5 Å². The van der Waals surface area contributed by atoms with Crippen LogP contribution in [0.15, 0.2) is 30.5 Å². The van der Waals surface area contributed by atoms with Crippen molar-refractivity contribution in [3.63, 3.8) is 0 Å². The number of hydrogen-bond donors (Lipinski definition) is 0. The molecule has 1 aliphatic heterocycles. The molecule has 2 heterocycles. The summed E-state index contributed by atoms with van der Waals surface area (Å²) in [4.78, 5) is 2.11. The van der Waals surface area contributed by atoms with Crippen molar-refractivity contribution in [2.75, 3.05) is 20.2 Å². The van der Waals surface area contributed by atoms with E-state index in [1.54, 1.807) is 0 Å². The van der Waals surface area contributed by atoms with Crippen LogP contribution in [0.5, 0.6) is 5.88 Å². The van der Waals surface area contributed by atoms with Crippen LogP contribution in [0.25, 0.3) is 5.57 Å². The zero-order chi connectivity index (χ0) is 12.8. The standard InChI is InChI=1S/C13H17N3OS/c1-3-4-5-9-17-13-12(14-18-15-13)11-7-6-8-16(2)10-11/h4-8H,3,9-10H2,1-2H3/b5-4-. The summed E-state index contributed by atoms with van der Waals surface area (Å²) in [6, 6.07) is 0. The minimum atomic E-state index is 0.547. The van der Waals surface area contributed by atoms with Gasteiger partial charge >= 0.3 is 0 Å². The second kappa shape index (κ2) is 6.35. The average Bonchev–Trinajstić information content (AvgIpc) is 2.83. The van der Waals surface area contributed by atoms with Crippen LogP contribution in [-0.4, -0.2) is 33.8 Å². The molecular weight excluding hydrogens is 246 g/mol. The van der Waals surface area contributed by atoms with Crippen LogP contribution in [0.3, 0.4) is 0 Å². The predicted molar refractivity (Wildman–Crippen MR) is 74.6 cm³/mol. The molecule has 0 atom stereocenters. The smallest absolute Gasteiger partial charge is 0.254 e. The summed E-state index contributed by atoms with van der Waals surface area (Å²) in [5, 5.41) is 0. The second-order valence-electron chi connectivity index (χ2n) is 4.06. The molecule has 0 aliphatic carbocycles. The molecule has 0 saturated carbocycles. The van der Waals surface area contributed by atoms with Crippen LogP contribution < -0.4 is 4.74 Å². The summed E-state index contributed by atoms with van der Waals surface area (Å²) in [6.07, 6.45) is 11.2. The fraction of sp³-hybridized carbons (Fsp3) is 0.385. The predicted octanol–water partition coefficient (Wildman–Crippen LogP) is 2.73. The van der Waals surface area contributed by atoms with Gasteiger partial charge in [-0.05, 0) is 18.7 Å². The van der Waals surface area contributed by atoms with Crippen molar-refractivity contribution in [1.29, 1.82) is 0 Å². The van der Waals surface area contributed by atoms with Gasteiger partial charge in [-0.3, -0.25) is 0 Å². The summed E-state index contributed by atoms with van der Waals surface area (Å²) < 4.78 is 14.2. The van der Waals surface area contributed by atoms with Crippen molar-refractivity contribution in [2.45, 2.75) is 13.3 Å². The quantitative estimate of drug-likeness (QED) is 0.766. The second-order valence-corrected chi connectivity index (χ2v) is 4.59. The molecule has 0 radical (unpaired) electrons. The number of hydrogen-bond acceptors (Lipinski definition) is 5. The highest BCUT2D eigenvalue weighted by Gasteiger charge is 2.16. The van der Waals surface area contributed by atoms with E-state index in [0.717, 1.165) is 24.2 Å². The Hall–Kier alpha value is -1.62. The Balaban J connectivity index is 2.05. The molecule has 1 aromatic rings. The van der Waals surface area contributed by atoms with Gasteiger partial charge in [0.25, 0.3) is 5.88 Å². The maximum absolute atomic E-state index is 5.63. The van der Waals surface area contributed by atoms with E-state index in [4.69, 9.17) is 4.74 Å². The summed E-state index contributed by atoms with van der Waals surface area (Å²) in [5.41, 5.74) is 2.00. The van der Waals surface area contributed by atoms with Gasteiger partial charge < -0.3 is 9.64 Å². The maximum Gasteiger partial charge on any atom is 0.254 e. The molecule has 1 aromatic heterocycles.